The highest BCUT2D eigenvalue weighted by Crippen LogP contribution is 2.19. The number of hydrogen-bond donors (Lipinski definition) is 2. The van der Waals surface area contributed by atoms with Gasteiger partial charge in [-0.3, -0.25) is 0 Å². The van der Waals surface area contributed by atoms with E-state index in [1.54, 1.807) is 18.2 Å². The van der Waals surface area contributed by atoms with E-state index in [1.807, 2.05) is 18.4 Å². The van der Waals surface area contributed by atoms with E-state index in [-0.39, 0.29) is 12.2 Å². The van der Waals surface area contributed by atoms with Gasteiger partial charge in [-0.2, -0.15) is 5.10 Å². The van der Waals surface area contributed by atoms with Crippen LogP contribution in [0.3, 0.4) is 0 Å². The molecule has 0 aliphatic carbocycles. The van der Waals surface area contributed by atoms with Crippen molar-refractivity contribution in [2.24, 2.45) is 10.2 Å². The molecule has 20 heavy (non-hydrogen) atoms. The molecule has 6 nitrogen and oxygen atoms in total. The van der Waals surface area contributed by atoms with Gasteiger partial charge in [0, 0.05) is 12.3 Å². The average molecular weight is 293 g/mol. The first-order valence-corrected chi connectivity index (χ1v) is 6.87. The van der Waals surface area contributed by atoms with Crippen LogP contribution >= 0.6 is 11.3 Å². The van der Waals surface area contributed by atoms with Crippen LogP contribution in [0.4, 0.5) is 0 Å². The number of aromatic carboxylic acids is 1. The van der Waals surface area contributed by atoms with Crippen molar-refractivity contribution < 1.29 is 15.0 Å². The number of aliphatic hydroxyl groups is 1. The predicted molar refractivity (Wildman–Crippen MR) is 78.2 cm³/mol. The van der Waals surface area contributed by atoms with Crippen molar-refractivity contribution in [2.75, 3.05) is 6.61 Å². The highest BCUT2D eigenvalue weighted by molar-refractivity contribution is 7.16. The summed E-state index contributed by atoms with van der Waals surface area (Å²) < 4.78 is 2.64. The van der Waals surface area contributed by atoms with Crippen molar-refractivity contribution in [1.29, 1.82) is 0 Å². The molecule has 2 rings (SSSR count). The second kappa shape index (κ2) is 5.98. The Morgan fingerprint density at radius 1 is 1.40 bits per heavy atom. The Balaban J connectivity index is 2.68. The van der Waals surface area contributed by atoms with E-state index in [1.165, 1.54) is 11.3 Å². The van der Waals surface area contributed by atoms with E-state index in [4.69, 9.17) is 10.2 Å². The molecule has 106 valence electrons. The van der Waals surface area contributed by atoms with Crippen LogP contribution in [-0.2, 0) is 6.54 Å². The van der Waals surface area contributed by atoms with E-state index in [2.05, 4.69) is 10.2 Å². The number of carboxylic acids is 1. The Hall–Kier alpha value is -1.99. The monoisotopic (exact) mass is 293 g/mol. The van der Waals surface area contributed by atoms with E-state index >= 15 is 0 Å². The van der Waals surface area contributed by atoms with Crippen LogP contribution in [-0.4, -0.2) is 33.1 Å². The third-order valence-corrected chi connectivity index (χ3v) is 3.62. The summed E-state index contributed by atoms with van der Waals surface area (Å²) in [4.78, 5) is 11.6. The summed E-state index contributed by atoms with van der Waals surface area (Å²) in [7, 11) is 0. The number of fused-ring (bicyclic) bond motifs is 1. The lowest BCUT2D eigenvalue weighted by Crippen LogP contribution is -2.16. The standard InChI is InChI=1S/C13H15N3O3S/c1-8(2)14-15-13-16(5-6-17)10-4-3-9(12(18)19)7-11(10)20-13/h3-4,7,17H,5-6H2,1-2H3,(H,18,19). The number of carboxylic acid groups (broad SMARTS) is 1. The Morgan fingerprint density at radius 3 is 2.75 bits per heavy atom. The molecule has 1 heterocycles. The van der Waals surface area contributed by atoms with Gasteiger partial charge in [-0.25, -0.2) is 4.79 Å². The molecule has 0 atom stereocenters. The molecule has 0 radical (unpaired) electrons. The molecule has 2 N–H and O–H groups in total. The summed E-state index contributed by atoms with van der Waals surface area (Å²) >= 11 is 1.35. The molecule has 0 aliphatic rings. The summed E-state index contributed by atoms with van der Waals surface area (Å²) in [6.45, 7) is 4.06. The van der Waals surface area contributed by atoms with Crippen LogP contribution in [0, 0.1) is 0 Å². The van der Waals surface area contributed by atoms with Gasteiger partial charge in [0.15, 0.2) is 0 Å². The van der Waals surface area contributed by atoms with Gasteiger partial charge in [0.25, 0.3) is 0 Å². The third-order valence-electron chi connectivity index (χ3n) is 2.59. The molecular weight excluding hydrogens is 278 g/mol. The molecule has 0 fully saturated rings. The van der Waals surface area contributed by atoms with Crippen LogP contribution in [0.5, 0.6) is 0 Å². The lowest BCUT2D eigenvalue weighted by Gasteiger charge is -2.01. The molecule has 1 aromatic heterocycles. The zero-order valence-electron chi connectivity index (χ0n) is 11.2. The Kier molecular flexibility index (Phi) is 4.31. The number of benzene rings is 1. The van der Waals surface area contributed by atoms with Crippen molar-refractivity contribution in [3.8, 4) is 0 Å². The molecule has 0 saturated carbocycles. The number of aromatic nitrogens is 1. The summed E-state index contributed by atoms with van der Waals surface area (Å²) in [5, 5.41) is 26.3. The first-order chi connectivity index (χ1) is 9.52. The number of rotatable bonds is 4. The van der Waals surface area contributed by atoms with Gasteiger partial charge in [0.2, 0.25) is 4.80 Å². The minimum absolute atomic E-state index is 0.0193. The van der Waals surface area contributed by atoms with Crippen molar-refractivity contribution in [3.05, 3.63) is 28.6 Å². The highest BCUT2D eigenvalue weighted by Gasteiger charge is 2.09. The van der Waals surface area contributed by atoms with E-state index in [0.29, 0.717) is 11.3 Å². The minimum Gasteiger partial charge on any atom is -0.478 e. The quantitative estimate of drug-likeness (QED) is 0.664. The van der Waals surface area contributed by atoms with Gasteiger partial charge in [-0.15, -0.1) is 5.10 Å². The number of thiazole rings is 1. The van der Waals surface area contributed by atoms with Gasteiger partial charge >= 0.3 is 5.97 Å². The SMILES string of the molecule is CC(C)=NN=c1sc2cc(C(=O)O)ccc2n1CCO. The fourth-order valence-electron chi connectivity index (χ4n) is 1.74. The minimum atomic E-state index is -0.963. The second-order valence-electron chi connectivity index (χ2n) is 4.39. The normalized spacial score (nSPS) is 11.8. The van der Waals surface area contributed by atoms with Gasteiger partial charge < -0.3 is 14.8 Å². The third kappa shape index (κ3) is 2.94. The summed E-state index contributed by atoms with van der Waals surface area (Å²) in [5.74, 6) is -0.963. The van der Waals surface area contributed by atoms with Crippen molar-refractivity contribution in [1.82, 2.24) is 4.57 Å². The van der Waals surface area contributed by atoms with Gasteiger partial charge in [-0.05, 0) is 32.0 Å². The largest absolute Gasteiger partial charge is 0.478 e. The molecule has 0 spiro atoms. The molecule has 0 unspecified atom stereocenters. The molecule has 0 amide bonds. The van der Waals surface area contributed by atoms with Crippen molar-refractivity contribution in [2.45, 2.75) is 20.4 Å². The zero-order valence-corrected chi connectivity index (χ0v) is 12.0. The maximum Gasteiger partial charge on any atom is 0.335 e. The highest BCUT2D eigenvalue weighted by atomic mass is 32.1. The van der Waals surface area contributed by atoms with E-state index in [9.17, 15) is 4.79 Å². The first-order valence-electron chi connectivity index (χ1n) is 6.05. The lowest BCUT2D eigenvalue weighted by molar-refractivity contribution is 0.0697. The van der Waals surface area contributed by atoms with Gasteiger partial charge in [-0.1, -0.05) is 11.3 Å². The predicted octanol–water partition coefficient (Wildman–Crippen LogP) is 1.69. The summed E-state index contributed by atoms with van der Waals surface area (Å²) in [6, 6.07) is 4.88. The molecule has 1 aromatic carbocycles. The molecule has 2 aromatic rings. The molecule has 0 bridgehead atoms. The molecule has 0 aliphatic heterocycles. The lowest BCUT2D eigenvalue weighted by atomic mass is 10.2. The molecular formula is C13H15N3O3S. The fourth-order valence-corrected chi connectivity index (χ4v) is 2.79. The molecule has 0 saturated heterocycles. The smallest absolute Gasteiger partial charge is 0.335 e. The zero-order chi connectivity index (χ0) is 14.7. The van der Waals surface area contributed by atoms with Crippen LogP contribution < -0.4 is 4.80 Å². The Bertz CT molecular complexity index is 739. The van der Waals surface area contributed by atoms with Crippen LogP contribution in [0.1, 0.15) is 24.2 Å². The number of carbonyl (C=O) groups is 1. The summed E-state index contributed by atoms with van der Waals surface area (Å²) in [5.41, 5.74) is 1.90. The van der Waals surface area contributed by atoms with E-state index < -0.39 is 5.97 Å². The van der Waals surface area contributed by atoms with Crippen molar-refractivity contribution >= 4 is 33.2 Å². The van der Waals surface area contributed by atoms with Gasteiger partial charge in [0.05, 0.1) is 22.4 Å². The maximum atomic E-state index is 11.0. The van der Waals surface area contributed by atoms with Crippen molar-refractivity contribution in [3.63, 3.8) is 0 Å². The Morgan fingerprint density at radius 2 is 2.15 bits per heavy atom. The molecule has 7 heteroatoms. The number of nitrogens with zero attached hydrogens (tertiary/aromatic N) is 3. The number of hydrogen-bond acceptors (Lipinski definition) is 5. The van der Waals surface area contributed by atoms with Gasteiger partial charge in [0.1, 0.15) is 0 Å². The fraction of sp³-hybridized carbons (Fsp3) is 0.308. The topological polar surface area (TPSA) is 87.2 Å². The van der Waals surface area contributed by atoms with Crippen LogP contribution in [0.15, 0.2) is 28.4 Å². The van der Waals surface area contributed by atoms with Crippen LogP contribution in [0.2, 0.25) is 0 Å². The first kappa shape index (κ1) is 14.4. The number of aliphatic hydroxyl groups excluding tert-OH is 1. The second-order valence-corrected chi connectivity index (χ2v) is 5.40. The average Bonchev–Trinajstić information content (AvgIpc) is 2.74. The maximum absolute atomic E-state index is 11.0. The summed E-state index contributed by atoms with van der Waals surface area (Å²) in [6.07, 6.45) is 0. The van der Waals surface area contributed by atoms with E-state index in [0.717, 1.165) is 15.9 Å². The van der Waals surface area contributed by atoms with Crippen LogP contribution in [0.25, 0.3) is 10.2 Å². The Labute approximate surface area is 119 Å².